The van der Waals surface area contributed by atoms with E-state index in [0.29, 0.717) is 21.5 Å². The third-order valence-corrected chi connectivity index (χ3v) is 3.10. The van der Waals surface area contributed by atoms with Crippen molar-refractivity contribution >= 4 is 34.1 Å². The molecule has 0 atom stereocenters. The van der Waals surface area contributed by atoms with Crippen molar-refractivity contribution in [1.29, 1.82) is 0 Å². The van der Waals surface area contributed by atoms with E-state index in [1.165, 1.54) is 6.20 Å². The van der Waals surface area contributed by atoms with Gasteiger partial charge in [-0.1, -0.05) is 11.6 Å². The summed E-state index contributed by atoms with van der Waals surface area (Å²) in [6.45, 7) is 0. The number of hydrogen-bond acceptors (Lipinski definition) is 4. The van der Waals surface area contributed by atoms with Gasteiger partial charge in [0, 0.05) is 22.8 Å². The van der Waals surface area contributed by atoms with Crippen LogP contribution in [-0.2, 0) is 0 Å². The van der Waals surface area contributed by atoms with Crippen molar-refractivity contribution < 1.29 is 9.90 Å². The van der Waals surface area contributed by atoms with Crippen molar-refractivity contribution in [3.8, 4) is 5.88 Å². The molecule has 2 aromatic heterocycles. The molecule has 7 heteroatoms. The van der Waals surface area contributed by atoms with Crippen LogP contribution in [0.1, 0.15) is 10.4 Å². The Morgan fingerprint density at radius 1 is 1.33 bits per heavy atom. The van der Waals surface area contributed by atoms with Gasteiger partial charge in [-0.2, -0.15) is 0 Å². The van der Waals surface area contributed by atoms with Gasteiger partial charge in [-0.25, -0.2) is 0 Å². The number of pyridine rings is 1. The Morgan fingerprint density at radius 3 is 2.95 bits per heavy atom. The van der Waals surface area contributed by atoms with Gasteiger partial charge < -0.3 is 10.1 Å². The lowest BCUT2D eigenvalue weighted by Crippen LogP contribution is -1.93. The molecule has 21 heavy (non-hydrogen) atoms. The highest BCUT2D eigenvalue weighted by Crippen LogP contribution is 2.36. The van der Waals surface area contributed by atoms with Crippen molar-refractivity contribution in [2.45, 2.75) is 0 Å². The highest BCUT2D eigenvalue weighted by molar-refractivity contribution is 6.31. The summed E-state index contributed by atoms with van der Waals surface area (Å²) in [7, 11) is 0. The van der Waals surface area contributed by atoms with E-state index in [-0.39, 0.29) is 11.6 Å². The predicted octanol–water partition coefficient (Wildman–Crippen LogP) is 3.85. The summed E-state index contributed by atoms with van der Waals surface area (Å²) >= 11 is 5.92. The number of carbonyl (C=O) groups is 1. The second kappa shape index (κ2) is 5.34. The molecule has 0 unspecified atom stereocenters. The number of benzene rings is 1. The largest absolute Gasteiger partial charge is 0.493 e. The summed E-state index contributed by atoms with van der Waals surface area (Å²) in [5, 5.41) is 18.3. The molecule has 0 aliphatic rings. The quantitative estimate of drug-likeness (QED) is 0.704. The van der Waals surface area contributed by atoms with E-state index < -0.39 is 5.91 Å². The van der Waals surface area contributed by atoms with Crippen LogP contribution in [0.25, 0.3) is 10.9 Å². The summed E-state index contributed by atoms with van der Waals surface area (Å²) in [6.07, 6.45) is 2.95. The summed E-state index contributed by atoms with van der Waals surface area (Å²) in [5.74, 6) is -0.714. The van der Waals surface area contributed by atoms with Crippen LogP contribution >= 0.6 is 11.6 Å². The molecule has 104 valence electrons. The molecular weight excluding hydrogens is 292 g/mol. The van der Waals surface area contributed by atoms with Crippen LogP contribution in [0, 0.1) is 0 Å². The van der Waals surface area contributed by atoms with Crippen molar-refractivity contribution in [1.82, 2.24) is 9.97 Å². The molecule has 1 aromatic carbocycles. The smallest absolute Gasteiger partial charge is 0.296 e. The first kappa shape index (κ1) is 13.3. The minimum atomic E-state index is -0.543. The van der Waals surface area contributed by atoms with Crippen LogP contribution < -0.4 is 0 Å². The first-order valence-electron chi connectivity index (χ1n) is 6.01. The highest BCUT2D eigenvalue weighted by Gasteiger charge is 2.12. The lowest BCUT2D eigenvalue weighted by molar-refractivity contribution is 0.0994. The fourth-order valence-corrected chi connectivity index (χ4v) is 2.05. The van der Waals surface area contributed by atoms with Crippen LogP contribution in [-0.4, -0.2) is 21.0 Å². The second-order valence-corrected chi connectivity index (χ2v) is 4.70. The maximum atomic E-state index is 11.8. The molecule has 0 spiro atoms. The molecule has 0 saturated carbocycles. The van der Waals surface area contributed by atoms with Crippen molar-refractivity contribution in [2.24, 2.45) is 10.2 Å². The number of nitrogens with zero attached hydrogens (tertiary/aromatic N) is 3. The zero-order valence-corrected chi connectivity index (χ0v) is 11.4. The number of aromatic hydroxyl groups is 1. The Hall–Kier alpha value is -2.73. The van der Waals surface area contributed by atoms with E-state index in [4.69, 9.17) is 11.6 Å². The molecule has 1 amide bonds. The highest BCUT2D eigenvalue weighted by atomic mass is 35.5. The van der Waals surface area contributed by atoms with Gasteiger partial charge in [-0.3, -0.25) is 9.78 Å². The maximum Gasteiger partial charge on any atom is 0.296 e. The lowest BCUT2D eigenvalue weighted by atomic mass is 10.2. The summed E-state index contributed by atoms with van der Waals surface area (Å²) in [6, 6.07) is 8.24. The van der Waals surface area contributed by atoms with Crippen LogP contribution in [0.4, 0.5) is 5.69 Å². The fraction of sp³-hybridized carbons (Fsp3) is 0. The van der Waals surface area contributed by atoms with E-state index in [2.05, 4.69) is 20.2 Å². The number of nitrogens with one attached hydrogen (secondary N) is 1. The van der Waals surface area contributed by atoms with Gasteiger partial charge >= 0.3 is 0 Å². The second-order valence-electron chi connectivity index (χ2n) is 4.26. The first-order valence-corrected chi connectivity index (χ1v) is 6.39. The number of carbonyl (C=O) groups excluding carboxylic acids is 1. The van der Waals surface area contributed by atoms with Gasteiger partial charge in [-0.15, -0.1) is 10.2 Å². The summed E-state index contributed by atoms with van der Waals surface area (Å²) < 4.78 is 0. The molecule has 0 saturated heterocycles. The third-order valence-electron chi connectivity index (χ3n) is 2.86. The first-order chi connectivity index (χ1) is 10.1. The Labute approximate surface area is 124 Å². The van der Waals surface area contributed by atoms with E-state index in [9.17, 15) is 9.90 Å². The average molecular weight is 301 g/mol. The molecular formula is C14H9ClN4O2. The Kier molecular flexibility index (Phi) is 3.37. The average Bonchev–Trinajstić information content (AvgIpc) is 2.80. The van der Waals surface area contributed by atoms with Gasteiger partial charge in [0.1, 0.15) is 0 Å². The Balaban J connectivity index is 1.98. The van der Waals surface area contributed by atoms with Gasteiger partial charge in [0.25, 0.3) is 5.91 Å². The standard InChI is InChI=1S/C14H9ClN4O2/c15-9-3-4-11-10(6-9)12(14(21)17-11)18-19-13(20)8-2-1-5-16-7-8/h1-7,17,21H. The summed E-state index contributed by atoms with van der Waals surface area (Å²) in [4.78, 5) is 18.4. The molecule has 6 nitrogen and oxygen atoms in total. The summed E-state index contributed by atoms with van der Waals surface area (Å²) in [5.41, 5.74) is 1.14. The van der Waals surface area contributed by atoms with Crippen LogP contribution in [0.15, 0.2) is 53.0 Å². The number of rotatable bonds is 2. The predicted molar refractivity (Wildman–Crippen MR) is 78.1 cm³/mol. The fourth-order valence-electron chi connectivity index (χ4n) is 1.88. The Bertz CT molecular complexity index is 843. The van der Waals surface area contributed by atoms with Gasteiger partial charge in [0.05, 0.1) is 11.1 Å². The number of amides is 1. The molecule has 0 aliphatic heterocycles. The van der Waals surface area contributed by atoms with Gasteiger partial charge in [-0.05, 0) is 30.3 Å². The number of halogens is 1. The van der Waals surface area contributed by atoms with Gasteiger partial charge in [0.2, 0.25) is 5.88 Å². The minimum Gasteiger partial charge on any atom is -0.493 e. The SMILES string of the molecule is O=C(N=Nc1c(O)[nH]c2ccc(Cl)cc12)c1cccnc1. The van der Waals surface area contributed by atoms with Crippen LogP contribution in [0.3, 0.4) is 0 Å². The Morgan fingerprint density at radius 2 is 2.19 bits per heavy atom. The molecule has 3 aromatic rings. The molecule has 0 fully saturated rings. The molecule has 0 aliphatic carbocycles. The van der Waals surface area contributed by atoms with Crippen molar-refractivity contribution in [2.75, 3.05) is 0 Å². The number of hydrogen-bond donors (Lipinski definition) is 2. The lowest BCUT2D eigenvalue weighted by Gasteiger charge is -1.94. The topological polar surface area (TPSA) is 90.7 Å². The molecule has 0 bridgehead atoms. The monoisotopic (exact) mass is 300 g/mol. The number of H-pyrrole nitrogens is 1. The minimum absolute atomic E-state index is 0.171. The van der Waals surface area contributed by atoms with E-state index >= 15 is 0 Å². The van der Waals surface area contributed by atoms with Crippen molar-refractivity contribution in [3.63, 3.8) is 0 Å². The van der Waals surface area contributed by atoms with Crippen LogP contribution in [0.2, 0.25) is 5.02 Å². The van der Waals surface area contributed by atoms with E-state index in [0.717, 1.165) is 0 Å². The zero-order chi connectivity index (χ0) is 14.8. The number of fused-ring (bicyclic) bond motifs is 1. The molecule has 2 heterocycles. The number of aromatic amines is 1. The molecule has 3 rings (SSSR count). The van der Waals surface area contributed by atoms with E-state index in [1.807, 2.05) is 0 Å². The van der Waals surface area contributed by atoms with E-state index in [1.54, 1.807) is 36.5 Å². The molecule has 2 N–H and O–H groups in total. The van der Waals surface area contributed by atoms with Crippen molar-refractivity contribution in [3.05, 3.63) is 53.3 Å². The molecule has 0 radical (unpaired) electrons. The maximum absolute atomic E-state index is 11.8. The van der Waals surface area contributed by atoms with Gasteiger partial charge in [0.15, 0.2) is 5.69 Å². The number of aromatic nitrogens is 2. The zero-order valence-electron chi connectivity index (χ0n) is 10.6. The normalized spacial score (nSPS) is 11.3. The number of azo groups is 1. The third kappa shape index (κ3) is 2.61. The van der Waals surface area contributed by atoms with Crippen LogP contribution in [0.5, 0.6) is 5.88 Å².